The molecular weight excluding hydrogens is 387 g/mol. The van der Waals surface area contributed by atoms with Crippen LogP contribution in [-0.4, -0.2) is 25.9 Å². The highest BCUT2D eigenvalue weighted by molar-refractivity contribution is 6.45. The first-order valence-electron chi connectivity index (χ1n) is 6.94. The minimum absolute atomic E-state index is 0.168. The number of amides is 1. The second-order valence-corrected chi connectivity index (χ2v) is 6.30. The molecule has 1 aromatic carbocycles. The van der Waals surface area contributed by atoms with Gasteiger partial charge in [0.05, 0.1) is 16.2 Å². The third-order valence-corrected chi connectivity index (χ3v) is 4.42. The zero-order chi connectivity index (χ0) is 18.1. The molecule has 2 aromatic heterocycles. The highest BCUT2D eigenvalue weighted by Crippen LogP contribution is 2.38. The number of anilines is 2. The number of hydrogen-bond donors (Lipinski definition) is 2. The van der Waals surface area contributed by atoms with Gasteiger partial charge in [-0.3, -0.25) is 4.79 Å². The molecule has 10 heteroatoms. The Morgan fingerprint density at radius 1 is 1.20 bits per heavy atom. The summed E-state index contributed by atoms with van der Waals surface area (Å²) in [5.74, 6) is 0.0360. The predicted octanol–water partition coefficient (Wildman–Crippen LogP) is 3.67. The number of pyridine rings is 1. The number of halogens is 3. The van der Waals surface area contributed by atoms with E-state index in [1.807, 2.05) is 0 Å². The maximum absolute atomic E-state index is 12.2. The number of nitrogen functional groups attached to an aromatic ring is 1. The van der Waals surface area contributed by atoms with Crippen LogP contribution >= 0.6 is 34.8 Å². The van der Waals surface area contributed by atoms with E-state index in [2.05, 4.69) is 20.6 Å². The Kier molecular flexibility index (Phi) is 4.80. The van der Waals surface area contributed by atoms with Gasteiger partial charge in [0.25, 0.3) is 5.91 Å². The van der Waals surface area contributed by atoms with Crippen LogP contribution in [0.1, 0.15) is 10.5 Å². The van der Waals surface area contributed by atoms with Gasteiger partial charge in [0, 0.05) is 23.2 Å². The summed E-state index contributed by atoms with van der Waals surface area (Å²) in [4.78, 5) is 16.3. The van der Waals surface area contributed by atoms with Gasteiger partial charge in [-0.2, -0.15) is 0 Å². The van der Waals surface area contributed by atoms with Gasteiger partial charge >= 0.3 is 0 Å². The molecule has 128 valence electrons. The van der Waals surface area contributed by atoms with Crippen molar-refractivity contribution in [2.24, 2.45) is 7.05 Å². The first kappa shape index (κ1) is 17.5. The number of nitrogens with one attached hydrogen (secondary N) is 1. The summed E-state index contributed by atoms with van der Waals surface area (Å²) in [5, 5.41) is 11.0. The van der Waals surface area contributed by atoms with Crippen LogP contribution in [0.4, 0.5) is 11.6 Å². The standard InChI is InChI=1S/C15H11Cl3N6O/c1-24-11(6-20-23-24)15(25)22-12-3-2-8(14(19)21-12)9-4-7(16)5-10(17)13(9)18/h2-6H,1H3,(H3,19,21,22,25). The first-order valence-corrected chi connectivity index (χ1v) is 8.07. The molecule has 0 bridgehead atoms. The van der Waals surface area contributed by atoms with E-state index in [4.69, 9.17) is 40.5 Å². The second-order valence-electron chi connectivity index (χ2n) is 5.08. The maximum Gasteiger partial charge on any atom is 0.276 e. The van der Waals surface area contributed by atoms with Gasteiger partial charge in [-0.25, -0.2) is 9.67 Å². The zero-order valence-corrected chi connectivity index (χ0v) is 15.1. The summed E-state index contributed by atoms with van der Waals surface area (Å²) in [6.07, 6.45) is 1.35. The zero-order valence-electron chi connectivity index (χ0n) is 12.8. The van der Waals surface area contributed by atoms with Crippen LogP contribution in [0.25, 0.3) is 11.1 Å². The third kappa shape index (κ3) is 3.53. The van der Waals surface area contributed by atoms with Crippen LogP contribution in [0.5, 0.6) is 0 Å². The van der Waals surface area contributed by atoms with E-state index in [9.17, 15) is 4.79 Å². The monoisotopic (exact) mass is 396 g/mol. The highest BCUT2D eigenvalue weighted by atomic mass is 35.5. The van der Waals surface area contributed by atoms with Crippen LogP contribution in [0, 0.1) is 0 Å². The number of carbonyl (C=O) groups is 1. The van der Waals surface area contributed by atoms with Crippen molar-refractivity contribution < 1.29 is 4.79 Å². The fourth-order valence-electron chi connectivity index (χ4n) is 2.20. The number of nitrogens with zero attached hydrogens (tertiary/aromatic N) is 4. The molecule has 3 N–H and O–H groups in total. The number of benzene rings is 1. The Balaban J connectivity index is 1.92. The lowest BCUT2D eigenvalue weighted by atomic mass is 10.1. The molecule has 0 saturated carbocycles. The number of rotatable bonds is 3. The van der Waals surface area contributed by atoms with E-state index in [-0.39, 0.29) is 17.3 Å². The lowest BCUT2D eigenvalue weighted by Gasteiger charge is -2.11. The molecule has 1 amide bonds. The van der Waals surface area contributed by atoms with Gasteiger partial charge in [-0.15, -0.1) is 5.10 Å². The van der Waals surface area contributed by atoms with E-state index in [1.165, 1.54) is 16.9 Å². The van der Waals surface area contributed by atoms with E-state index in [0.717, 1.165) is 0 Å². The fraction of sp³-hybridized carbons (Fsp3) is 0.0667. The van der Waals surface area contributed by atoms with Gasteiger partial charge < -0.3 is 11.1 Å². The smallest absolute Gasteiger partial charge is 0.276 e. The number of nitrogens with two attached hydrogens (primary N) is 1. The Morgan fingerprint density at radius 2 is 1.96 bits per heavy atom. The molecule has 0 aliphatic carbocycles. The van der Waals surface area contributed by atoms with Gasteiger partial charge in [0.2, 0.25) is 0 Å². The van der Waals surface area contributed by atoms with E-state index in [1.54, 1.807) is 25.2 Å². The number of aryl methyl sites for hydroxylation is 1. The molecule has 0 fully saturated rings. The average molecular weight is 398 g/mol. The first-order chi connectivity index (χ1) is 11.9. The van der Waals surface area contributed by atoms with Crippen molar-refractivity contribution >= 4 is 52.3 Å². The summed E-state index contributed by atoms with van der Waals surface area (Å²) < 4.78 is 1.35. The van der Waals surface area contributed by atoms with Crippen LogP contribution in [0.15, 0.2) is 30.5 Å². The van der Waals surface area contributed by atoms with Crippen LogP contribution in [-0.2, 0) is 7.05 Å². The summed E-state index contributed by atoms with van der Waals surface area (Å²) in [5.41, 5.74) is 7.40. The summed E-state index contributed by atoms with van der Waals surface area (Å²) in [6, 6.07) is 6.45. The lowest BCUT2D eigenvalue weighted by molar-refractivity contribution is 0.101. The van der Waals surface area contributed by atoms with E-state index in [0.29, 0.717) is 26.2 Å². The van der Waals surface area contributed by atoms with Crippen LogP contribution < -0.4 is 11.1 Å². The minimum Gasteiger partial charge on any atom is -0.383 e. The number of hydrogen-bond acceptors (Lipinski definition) is 5. The maximum atomic E-state index is 12.2. The fourth-order valence-corrected chi connectivity index (χ4v) is 2.90. The van der Waals surface area contributed by atoms with Crippen molar-refractivity contribution in [3.63, 3.8) is 0 Å². The van der Waals surface area contributed by atoms with E-state index < -0.39 is 5.91 Å². The average Bonchev–Trinajstić information content (AvgIpc) is 2.97. The van der Waals surface area contributed by atoms with Gasteiger partial charge in [-0.05, 0) is 24.3 Å². The molecular formula is C15H11Cl3N6O. The molecule has 3 aromatic rings. The normalized spacial score (nSPS) is 10.7. The molecule has 0 aliphatic heterocycles. The SMILES string of the molecule is Cn1nncc1C(=O)Nc1ccc(-c2cc(Cl)cc(Cl)c2Cl)c(N)n1. The molecule has 2 heterocycles. The lowest BCUT2D eigenvalue weighted by Crippen LogP contribution is -2.17. The molecule has 7 nitrogen and oxygen atoms in total. The molecule has 0 radical (unpaired) electrons. The number of carbonyl (C=O) groups excluding carboxylic acids is 1. The Morgan fingerprint density at radius 3 is 2.60 bits per heavy atom. The summed E-state index contributed by atoms with van der Waals surface area (Å²) in [6.45, 7) is 0. The topological polar surface area (TPSA) is 98.7 Å². The number of aromatic nitrogens is 4. The highest BCUT2D eigenvalue weighted by Gasteiger charge is 2.15. The Bertz CT molecular complexity index is 972. The van der Waals surface area contributed by atoms with Crippen molar-refractivity contribution in [1.29, 1.82) is 0 Å². The van der Waals surface area contributed by atoms with Crippen molar-refractivity contribution in [2.75, 3.05) is 11.1 Å². The largest absolute Gasteiger partial charge is 0.383 e. The quantitative estimate of drug-likeness (QED) is 0.657. The summed E-state index contributed by atoms with van der Waals surface area (Å²) >= 11 is 18.3. The molecule has 3 rings (SSSR count). The Labute approximate surface area is 157 Å². The van der Waals surface area contributed by atoms with Crippen molar-refractivity contribution in [1.82, 2.24) is 20.0 Å². The Hall–Kier alpha value is -2.35. The van der Waals surface area contributed by atoms with Crippen molar-refractivity contribution in [3.8, 4) is 11.1 Å². The van der Waals surface area contributed by atoms with Gasteiger partial charge in [0.15, 0.2) is 0 Å². The minimum atomic E-state index is -0.406. The van der Waals surface area contributed by atoms with Gasteiger partial charge in [0.1, 0.15) is 17.3 Å². The molecule has 25 heavy (non-hydrogen) atoms. The molecule has 0 spiro atoms. The van der Waals surface area contributed by atoms with E-state index >= 15 is 0 Å². The van der Waals surface area contributed by atoms with Crippen LogP contribution in [0.3, 0.4) is 0 Å². The molecule has 0 atom stereocenters. The van der Waals surface area contributed by atoms with Gasteiger partial charge in [-0.1, -0.05) is 40.0 Å². The molecule has 0 unspecified atom stereocenters. The molecule has 0 aliphatic rings. The molecule has 0 saturated heterocycles. The summed E-state index contributed by atoms with van der Waals surface area (Å²) in [7, 11) is 1.61. The van der Waals surface area contributed by atoms with Crippen LogP contribution in [0.2, 0.25) is 15.1 Å². The second kappa shape index (κ2) is 6.87. The van der Waals surface area contributed by atoms with Crippen molar-refractivity contribution in [2.45, 2.75) is 0 Å². The van der Waals surface area contributed by atoms with Crippen molar-refractivity contribution in [3.05, 3.63) is 51.2 Å². The third-order valence-electron chi connectivity index (χ3n) is 3.40. The predicted molar refractivity (Wildman–Crippen MR) is 98.1 cm³/mol.